The van der Waals surface area contributed by atoms with Crippen LogP contribution in [0.1, 0.15) is 11.1 Å². The lowest BCUT2D eigenvalue weighted by atomic mass is 10.2. The van der Waals surface area contributed by atoms with Gasteiger partial charge in [0.15, 0.2) is 11.0 Å². The van der Waals surface area contributed by atoms with E-state index in [-0.39, 0.29) is 0 Å². The van der Waals surface area contributed by atoms with Gasteiger partial charge >= 0.3 is 0 Å². The van der Waals surface area contributed by atoms with Crippen molar-refractivity contribution in [2.45, 2.75) is 10.9 Å². The first-order valence-corrected chi connectivity index (χ1v) is 10.5. The maximum Gasteiger partial charge on any atom is 0.196 e. The summed E-state index contributed by atoms with van der Waals surface area (Å²) in [6.45, 7) is 0. The van der Waals surface area contributed by atoms with Gasteiger partial charge < -0.3 is 0 Å². The van der Waals surface area contributed by atoms with E-state index in [2.05, 4.69) is 16.3 Å². The summed E-state index contributed by atoms with van der Waals surface area (Å²) < 4.78 is 2.00. The summed E-state index contributed by atoms with van der Waals surface area (Å²) in [6, 6.07) is 24.8. The number of thioether (sulfide) groups is 1. The average molecular weight is 437 g/mol. The van der Waals surface area contributed by atoms with E-state index >= 15 is 0 Å². The molecule has 0 aliphatic rings. The van der Waals surface area contributed by atoms with E-state index in [9.17, 15) is 0 Å². The highest BCUT2D eigenvalue weighted by molar-refractivity contribution is 7.98. The van der Waals surface area contributed by atoms with E-state index < -0.39 is 0 Å². The second-order valence-corrected chi connectivity index (χ2v) is 8.04. The SMILES string of the molecule is N#Cc1ccc(CSc2nnc(-c3cccc(Cl)c3)n2-c2ccc(Cl)cc2)cc1. The largest absolute Gasteiger partial charge is 0.270 e. The van der Waals surface area contributed by atoms with Crippen LogP contribution in [-0.4, -0.2) is 14.8 Å². The summed E-state index contributed by atoms with van der Waals surface area (Å²) >= 11 is 13.8. The Hall–Kier alpha value is -2.78. The summed E-state index contributed by atoms with van der Waals surface area (Å²) in [6.07, 6.45) is 0. The average Bonchev–Trinajstić information content (AvgIpc) is 3.17. The highest BCUT2D eigenvalue weighted by Gasteiger charge is 2.16. The number of nitrogens with zero attached hydrogens (tertiary/aromatic N) is 4. The molecule has 0 radical (unpaired) electrons. The van der Waals surface area contributed by atoms with Crippen LogP contribution in [0.2, 0.25) is 10.0 Å². The molecular weight excluding hydrogens is 423 g/mol. The molecule has 0 saturated carbocycles. The standard InChI is InChI=1S/C22H14Cl2N4S/c23-18-8-10-20(11-9-18)28-21(17-2-1-3-19(24)12-17)26-27-22(28)29-14-16-6-4-15(13-25)5-7-16/h1-12H,14H2. The van der Waals surface area contributed by atoms with Gasteiger partial charge in [-0.2, -0.15) is 5.26 Å². The molecule has 0 amide bonds. The zero-order valence-electron chi connectivity index (χ0n) is 15.1. The summed E-state index contributed by atoms with van der Waals surface area (Å²) in [5.41, 5.74) is 3.54. The molecule has 4 rings (SSSR count). The summed E-state index contributed by atoms with van der Waals surface area (Å²) in [5.74, 6) is 1.41. The fourth-order valence-electron chi connectivity index (χ4n) is 2.82. The van der Waals surface area contributed by atoms with Gasteiger partial charge in [0.05, 0.1) is 11.6 Å². The zero-order chi connectivity index (χ0) is 20.2. The maximum absolute atomic E-state index is 8.95. The van der Waals surface area contributed by atoms with E-state index in [1.54, 1.807) is 11.8 Å². The summed E-state index contributed by atoms with van der Waals surface area (Å²) in [7, 11) is 0. The molecule has 0 bridgehead atoms. The molecule has 0 spiro atoms. The predicted molar refractivity (Wildman–Crippen MR) is 118 cm³/mol. The highest BCUT2D eigenvalue weighted by atomic mass is 35.5. The Kier molecular flexibility index (Phi) is 5.86. The van der Waals surface area contributed by atoms with Gasteiger partial charge in [0.1, 0.15) is 0 Å². The topological polar surface area (TPSA) is 54.5 Å². The third kappa shape index (κ3) is 4.46. The molecule has 0 saturated heterocycles. The first-order valence-electron chi connectivity index (χ1n) is 8.73. The second-order valence-electron chi connectivity index (χ2n) is 6.23. The monoisotopic (exact) mass is 436 g/mol. The van der Waals surface area contributed by atoms with Gasteiger partial charge in [0.25, 0.3) is 0 Å². The van der Waals surface area contributed by atoms with Crippen molar-refractivity contribution < 1.29 is 0 Å². The smallest absolute Gasteiger partial charge is 0.196 e. The van der Waals surface area contributed by atoms with Crippen molar-refractivity contribution >= 4 is 35.0 Å². The van der Waals surface area contributed by atoms with Gasteiger partial charge in [-0.05, 0) is 54.1 Å². The van der Waals surface area contributed by atoms with Gasteiger partial charge in [-0.1, -0.05) is 59.2 Å². The lowest BCUT2D eigenvalue weighted by Gasteiger charge is -2.11. The van der Waals surface area contributed by atoms with E-state index in [0.717, 1.165) is 22.0 Å². The second kappa shape index (κ2) is 8.71. The third-order valence-electron chi connectivity index (χ3n) is 4.25. The van der Waals surface area contributed by atoms with Gasteiger partial charge in [0.2, 0.25) is 0 Å². The van der Waals surface area contributed by atoms with Crippen molar-refractivity contribution in [3.05, 3.63) is 94.0 Å². The molecular formula is C22H14Cl2N4S. The molecule has 4 nitrogen and oxygen atoms in total. The number of aromatic nitrogens is 3. The van der Waals surface area contributed by atoms with Crippen LogP contribution in [0.15, 0.2) is 78.0 Å². The van der Waals surface area contributed by atoms with Crippen LogP contribution < -0.4 is 0 Å². The molecule has 29 heavy (non-hydrogen) atoms. The number of nitriles is 1. The van der Waals surface area contributed by atoms with Crippen molar-refractivity contribution in [3.63, 3.8) is 0 Å². The van der Waals surface area contributed by atoms with Crippen LogP contribution in [0.25, 0.3) is 17.1 Å². The highest BCUT2D eigenvalue weighted by Crippen LogP contribution is 2.31. The fraction of sp³-hybridized carbons (Fsp3) is 0.0455. The lowest BCUT2D eigenvalue weighted by Crippen LogP contribution is -1.99. The number of rotatable bonds is 5. The van der Waals surface area contributed by atoms with Gasteiger partial charge in [-0.3, -0.25) is 4.57 Å². The maximum atomic E-state index is 8.95. The molecule has 4 aromatic rings. The molecule has 0 fully saturated rings. The first-order chi connectivity index (χ1) is 14.1. The Balaban J connectivity index is 1.71. The van der Waals surface area contributed by atoms with Crippen LogP contribution in [0, 0.1) is 11.3 Å². The van der Waals surface area contributed by atoms with Gasteiger partial charge in [-0.15, -0.1) is 10.2 Å². The van der Waals surface area contributed by atoms with Crippen molar-refractivity contribution in [3.8, 4) is 23.1 Å². The number of hydrogen-bond acceptors (Lipinski definition) is 4. The van der Waals surface area contributed by atoms with Crippen molar-refractivity contribution in [2.75, 3.05) is 0 Å². The van der Waals surface area contributed by atoms with Crippen molar-refractivity contribution in [1.82, 2.24) is 14.8 Å². The van der Waals surface area contributed by atoms with Crippen LogP contribution >= 0.6 is 35.0 Å². The molecule has 0 atom stereocenters. The van der Waals surface area contributed by atoms with E-state index in [1.165, 1.54) is 0 Å². The number of halogens is 2. The molecule has 3 aromatic carbocycles. The Morgan fingerprint density at radius 3 is 2.34 bits per heavy atom. The summed E-state index contributed by atoms with van der Waals surface area (Å²) in [4.78, 5) is 0. The molecule has 1 heterocycles. The molecule has 0 unspecified atom stereocenters. The minimum absolute atomic E-state index is 0.639. The van der Waals surface area contributed by atoms with Crippen molar-refractivity contribution in [2.24, 2.45) is 0 Å². The van der Waals surface area contributed by atoms with Crippen LogP contribution in [0.4, 0.5) is 0 Å². The molecule has 0 aliphatic carbocycles. The normalized spacial score (nSPS) is 10.7. The molecule has 0 aliphatic heterocycles. The van der Waals surface area contributed by atoms with E-state index in [1.807, 2.05) is 77.4 Å². The Morgan fingerprint density at radius 2 is 1.66 bits per heavy atom. The molecule has 1 aromatic heterocycles. The van der Waals surface area contributed by atoms with Crippen molar-refractivity contribution in [1.29, 1.82) is 5.26 Å². The van der Waals surface area contributed by atoms with Gasteiger partial charge in [0, 0.05) is 27.0 Å². The van der Waals surface area contributed by atoms with Gasteiger partial charge in [-0.25, -0.2) is 0 Å². The Morgan fingerprint density at radius 1 is 0.897 bits per heavy atom. The lowest BCUT2D eigenvalue weighted by molar-refractivity contribution is 0.886. The van der Waals surface area contributed by atoms with Crippen LogP contribution in [0.3, 0.4) is 0 Å². The Bertz CT molecular complexity index is 1180. The predicted octanol–water partition coefficient (Wildman–Crippen LogP) is 6.41. The zero-order valence-corrected chi connectivity index (χ0v) is 17.4. The fourth-order valence-corrected chi connectivity index (χ4v) is 4.05. The Labute approximate surface area is 182 Å². The molecule has 142 valence electrons. The summed E-state index contributed by atoms with van der Waals surface area (Å²) in [5, 5.41) is 19.9. The minimum Gasteiger partial charge on any atom is -0.270 e. The quantitative estimate of drug-likeness (QED) is 0.339. The molecule has 0 N–H and O–H groups in total. The number of benzene rings is 3. The first kappa shape index (κ1) is 19.5. The third-order valence-corrected chi connectivity index (χ3v) is 5.74. The minimum atomic E-state index is 0.639. The van der Waals surface area contributed by atoms with E-state index in [0.29, 0.717) is 27.2 Å². The van der Waals surface area contributed by atoms with Crippen LogP contribution in [-0.2, 0) is 5.75 Å². The molecule has 7 heteroatoms. The van der Waals surface area contributed by atoms with Crippen LogP contribution in [0.5, 0.6) is 0 Å². The number of hydrogen-bond donors (Lipinski definition) is 0. The van der Waals surface area contributed by atoms with E-state index in [4.69, 9.17) is 28.5 Å².